The zero-order chi connectivity index (χ0) is 27.9. The topological polar surface area (TPSA) is 90.9 Å². The van der Waals surface area contributed by atoms with E-state index in [1.54, 1.807) is 41.5 Å². The second-order valence-electron chi connectivity index (χ2n) is 12.8. The van der Waals surface area contributed by atoms with Crippen molar-refractivity contribution in [2.45, 2.75) is 118 Å². The summed E-state index contributed by atoms with van der Waals surface area (Å²) in [5, 5.41) is 3.03. The molecule has 8 heteroatoms. The predicted octanol–water partition coefficient (Wildman–Crippen LogP) is 6.62. The van der Waals surface area contributed by atoms with E-state index in [4.69, 9.17) is 13.9 Å². The number of carbonyl (C=O) groups is 3. The maximum absolute atomic E-state index is 12.8. The fraction of sp³-hybridized carbons (Fsp3) is 0.679. The first-order valence-corrected chi connectivity index (χ1v) is 15.6. The minimum absolute atomic E-state index is 0.0597. The first-order chi connectivity index (χ1) is 16.2. The van der Waals surface area contributed by atoms with Gasteiger partial charge in [0.25, 0.3) is 0 Å². The molecular formula is C28H47NO6Si. The number of benzene rings is 1. The summed E-state index contributed by atoms with van der Waals surface area (Å²) in [6, 6.07) is 7.56. The van der Waals surface area contributed by atoms with Crippen molar-refractivity contribution in [3.63, 3.8) is 0 Å². The standard InChI is InChI=1S/C28H47NO6Si/c1-26(2,3)34-24(31)18-20(25(32)35-27(4,5)6)16-17-23(30)29-22-15-13-12-14-21(22)19-33-36(10,11)28(7,8)9/h12-15,20H,16-19H2,1-11H3,(H,29,30). The van der Waals surface area contributed by atoms with Gasteiger partial charge in [0.05, 0.1) is 18.9 Å². The van der Waals surface area contributed by atoms with Crippen LogP contribution in [0.2, 0.25) is 18.1 Å². The smallest absolute Gasteiger partial charge is 0.310 e. The number of ether oxygens (including phenoxy) is 2. The van der Waals surface area contributed by atoms with Crippen LogP contribution < -0.4 is 5.32 Å². The number of anilines is 1. The fourth-order valence-electron chi connectivity index (χ4n) is 3.03. The van der Waals surface area contributed by atoms with Gasteiger partial charge in [-0.2, -0.15) is 0 Å². The van der Waals surface area contributed by atoms with Gasteiger partial charge in [0.15, 0.2) is 8.32 Å². The summed E-state index contributed by atoms with van der Waals surface area (Å²) in [5.41, 5.74) is 0.216. The van der Waals surface area contributed by atoms with E-state index in [2.05, 4.69) is 39.2 Å². The molecule has 0 spiro atoms. The van der Waals surface area contributed by atoms with Crippen LogP contribution in [-0.2, 0) is 34.9 Å². The van der Waals surface area contributed by atoms with Crippen molar-refractivity contribution in [1.29, 1.82) is 0 Å². The van der Waals surface area contributed by atoms with E-state index in [-0.39, 0.29) is 30.2 Å². The molecule has 0 heterocycles. The minimum atomic E-state index is -1.95. The molecule has 0 bridgehead atoms. The molecule has 1 rings (SSSR count). The predicted molar refractivity (Wildman–Crippen MR) is 146 cm³/mol. The lowest BCUT2D eigenvalue weighted by molar-refractivity contribution is -0.167. The lowest BCUT2D eigenvalue weighted by Gasteiger charge is -2.36. The molecule has 36 heavy (non-hydrogen) atoms. The van der Waals surface area contributed by atoms with Crippen molar-refractivity contribution in [3.8, 4) is 0 Å². The van der Waals surface area contributed by atoms with Gasteiger partial charge in [-0.3, -0.25) is 14.4 Å². The van der Waals surface area contributed by atoms with Crippen LogP contribution in [0.3, 0.4) is 0 Å². The lowest BCUT2D eigenvalue weighted by atomic mass is 9.98. The number of hydrogen-bond donors (Lipinski definition) is 1. The second-order valence-corrected chi connectivity index (χ2v) is 17.6. The summed E-state index contributed by atoms with van der Waals surface area (Å²) >= 11 is 0. The Kier molecular flexibility index (Phi) is 10.9. The van der Waals surface area contributed by atoms with E-state index in [9.17, 15) is 14.4 Å². The van der Waals surface area contributed by atoms with Crippen molar-refractivity contribution in [1.82, 2.24) is 0 Å². The van der Waals surface area contributed by atoms with Crippen molar-refractivity contribution >= 4 is 31.9 Å². The molecule has 0 aliphatic heterocycles. The molecule has 1 atom stereocenters. The highest BCUT2D eigenvalue weighted by Gasteiger charge is 2.37. The number of rotatable bonds is 10. The number of carbonyl (C=O) groups excluding carboxylic acids is 3. The Hall–Kier alpha value is -2.19. The Morgan fingerprint density at radius 2 is 1.44 bits per heavy atom. The average Bonchev–Trinajstić information content (AvgIpc) is 2.66. The number of amides is 1. The maximum Gasteiger partial charge on any atom is 0.310 e. The van der Waals surface area contributed by atoms with Crippen LogP contribution in [0, 0.1) is 5.92 Å². The SMILES string of the molecule is CC(C)(C)OC(=O)CC(CCC(=O)Nc1ccccc1CO[Si](C)(C)C(C)(C)C)C(=O)OC(C)(C)C. The molecule has 0 saturated carbocycles. The Labute approximate surface area is 218 Å². The molecule has 0 fully saturated rings. The van der Waals surface area contributed by atoms with Crippen LogP contribution in [0.15, 0.2) is 24.3 Å². The van der Waals surface area contributed by atoms with Crippen molar-refractivity contribution in [2.75, 3.05) is 5.32 Å². The van der Waals surface area contributed by atoms with Gasteiger partial charge >= 0.3 is 11.9 Å². The first-order valence-electron chi connectivity index (χ1n) is 12.7. The Bertz CT molecular complexity index is 906. The lowest BCUT2D eigenvalue weighted by Crippen LogP contribution is -2.40. The third-order valence-corrected chi connectivity index (χ3v) is 10.5. The average molecular weight is 522 g/mol. The fourth-order valence-corrected chi connectivity index (χ4v) is 3.98. The molecule has 7 nitrogen and oxygen atoms in total. The quantitative estimate of drug-likeness (QED) is 0.275. The van der Waals surface area contributed by atoms with Crippen LogP contribution in [-0.4, -0.2) is 37.4 Å². The van der Waals surface area contributed by atoms with Gasteiger partial charge in [0.1, 0.15) is 11.2 Å². The van der Waals surface area contributed by atoms with E-state index in [1.165, 1.54) is 0 Å². The molecule has 1 aromatic rings. The Morgan fingerprint density at radius 3 is 1.97 bits per heavy atom. The third-order valence-electron chi connectivity index (χ3n) is 5.98. The molecule has 0 aliphatic carbocycles. The molecule has 1 N–H and O–H groups in total. The summed E-state index contributed by atoms with van der Waals surface area (Å²) in [5.74, 6) is -2.02. The molecule has 0 radical (unpaired) electrons. The van der Waals surface area contributed by atoms with E-state index in [0.717, 1.165) is 5.56 Å². The van der Waals surface area contributed by atoms with Crippen LogP contribution in [0.25, 0.3) is 0 Å². The molecule has 1 amide bonds. The van der Waals surface area contributed by atoms with Crippen LogP contribution >= 0.6 is 0 Å². The van der Waals surface area contributed by atoms with Gasteiger partial charge in [-0.1, -0.05) is 39.0 Å². The highest BCUT2D eigenvalue weighted by Crippen LogP contribution is 2.37. The molecular weight excluding hydrogens is 474 g/mol. The zero-order valence-electron chi connectivity index (χ0n) is 24.2. The molecule has 0 aliphatic rings. The van der Waals surface area contributed by atoms with E-state index in [1.807, 2.05) is 24.3 Å². The second kappa shape index (κ2) is 12.4. The van der Waals surface area contributed by atoms with Crippen molar-refractivity contribution < 1.29 is 28.3 Å². The summed E-state index contributed by atoms with van der Waals surface area (Å²) in [7, 11) is -1.95. The summed E-state index contributed by atoms with van der Waals surface area (Å²) in [6.45, 7) is 22.0. The van der Waals surface area contributed by atoms with Gasteiger partial charge in [-0.15, -0.1) is 0 Å². The van der Waals surface area contributed by atoms with Gasteiger partial charge < -0.3 is 19.2 Å². The summed E-state index contributed by atoms with van der Waals surface area (Å²) in [6.07, 6.45) is 0.0865. The normalized spacial score (nSPS) is 13.6. The molecule has 1 unspecified atom stereocenters. The Balaban J connectivity index is 2.88. The number of nitrogens with one attached hydrogen (secondary N) is 1. The third kappa shape index (κ3) is 11.7. The van der Waals surface area contributed by atoms with Gasteiger partial charge in [-0.05, 0) is 77.7 Å². The zero-order valence-corrected chi connectivity index (χ0v) is 25.2. The van der Waals surface area contributed by atoms with Gasteiger partial charge in [-0.25, -0.2) is 0 Å². The largest absolute Gasteiger partial charge is 0.460 e. The highest BCUT2D eigenvalue weighted by molar-refractivity contribution is 6.74. The molecule has 204 valence electrons. The first kappa shape index (κ1) is 31.8. The summed E-state index contributed by atoms with van der Waals surface area (Å²) < 4.78 is 17.2. The van der Waals surface area contributed by atoms with E-state index >= 15 is 0 Å². The molecule has 1 aromatic carbocycles. The monoisotopic (exact) mass is 521 g/mol. The minimum Gasteiger partial charge on any atom is -0.460 e. The van der Waals surface area contributed by atoms with E-state index < -0.39 is 37.4 Å². The number of esters is 2. The van der Waals surface area contributed by atoms with Crippen molar-refractivity contribution in [3.05, 3.63) is 29.8 Å². The van der Waals surface area contributed by atoms with Crippen molar-refractivity contribution in [2.24, 2.45) is 5.92 Å². The molecule has 0 saturated heterocycles. The van der Waals surface area contributed by atoms with Crippen LogP contribution in [0.4, 0.5) is 5.69 Å². The van der Waals surface area contributed by atoms with Gasteiger partial charge in [0, 0.05) is 12.1 Å². The molecule has 0 aromatic heterocycles. The number of hydrogen-bond acceptors (Lipinski definition) is 6. The maximum atomic E-state index is 12.8. The highest BCUT2D eigenvalue weighted by atomic mass is 28.4. The Morgan fingerprint density at radius 1 is 0.889 bits per heavy atom. The number of para-hydroxylation sites is 1. The van der Waals surface area contributed by atoms with Gasteiger partial charge in [0.2, 0.25) is 5.91 Å². The van der Waals surface area contributed by atoms with Crippen LogP contribution in [0.1, 0.15) is 87.1 Å². The van der Waals surface area contributed by atoms with E-state index in [0.29, 0.717) is 12.3 Å². The van der Waals surface area contributed by atoms with Crippen LogP contribution in [0.5, 0.6) is 0 Å². The summed E-state index contributed by atoms with van der Waals surface area (Å²) in [4.78, 5) is 38.0.